The van der Waals surface area contributed by atoms with Gasteiger partial charge < -0.3 is 0 Å². The van der Waals surface area contributed by atoms with Crippen LogP contribution in [0.1, 0.15) is 11.4 Å². The van der Waals surface area contributed by atoms with Crippen LogP contribution in [0, 0.1) is 11.7 Å². The van der Waals surface area contributed by atoms with Crippen molar-refractivity contribution in [1.29, 1.82) is 0 Å². The third-order valence-corrected chi connectivity index (χ3v) is 3.12. The first-order valence-corrected chi connectivity index (χ1v) is 6.20. The van der Waals surface area contributed by atoms with Crippen LogP contribution in [0.15, 0.2) is 36.9 Å². The SMILES string of the molecule is Cc1n[nH]c(=S)n1-c1ccc(Cn2cncn2)cc1. The van der Waals surface area contributed by atoms with Gasteiger partial charge in [0.25, 0.3) is 0 Å². The normalized spacial score (nSPS) is 10.8. The van der Waals surface area contributed by atoms with Gasteiger partial charge in [0.05, 0.1) is 6.54 Å². The standard InChI is InChI=1S/C12H12N6S/c1-9-15-16-12(19)18(9)11-4-2-10(3-5-11)6-17-8-13-7-14-17/h2-5,7-8H,6H2,1H3,(H,16,19). The van der Waals surface area contributed by atoms with E-state index in [-0.39, 0.29) is 0 Å². The fourth-order valence-corrected chi connectivity index (χ4v) is 2.21. The van der Waals surface area contributed by atoms with Crippen molar-refractivity contribution in [3.8, 4) is 5.69 Å². The van der Waals surface area contributed by atoms with Crippen LogP contribution in [-0.2, 0) is 6.54 Å². The maximum absolute atomic E-state index is 5.20. The Bertz CT molecular complexity index is 722. The number of benzene rings is 1. The van der Waals surface area contributed by atoms with Crippen LogP contribution in [0.2, 0.25) is 0 Å². The molecule has 2 heterocycles. The molecule has 0 spiro atoms. The van der Waals surface area contributed by atoms with E-state index in [0.29, 0.717) is 11.3 Å². The predicted octanol–water partition coefficient (Wildman–Crippen LogP) is 1.88. The van der Waals surface area contributed by atoms with Crippen LogP contribution >= 0.6 is 12.2 Å². The van der Waals surface area contributed by atoms with E-state index in [4.69, 9.17) is 12.2 Å². The van der Waals surface area contributed by atoms with Crippen LogP contribution in [0.25, 0.3) is 5.69 Å². The molecule has 0 unspecified atom stereocenters. The highest BCUT2D eigenvalue weighted by atomic mass is 32.1. The van der Waals surface area contributed by atoms with E-state index in [0.717, 1.165) is 17.1 Å². The van der Waals surface area contributed by atoms with Gasteiger partial charge in [0.2, 0.25) is 0 Å². The predicted molar refractivity (Wildman–Crippen MR) is 72.6 cm³/mol. The van der Waals surface area contributed by atoms with Crippen molar-refractivity contribution < 1.29 is 0 Å². The largest absolute Gasteiger partial charge is 0.272 e. The fraction of sp³-hybridized carbons (Fsp3) is 0.167. The van der Waals surface area contributed by atoms with Gasteiger partial charge in [-0.1, -0.05) is 12.1 Å². The van der Waals surface area contributed by atoms with Crippen molar-refractivity contribution in [2.24, 2.45) is 0 Å². The number of nitrogens with zero attached hydrogens (tertiary/aromatic N) is 5. The Kier molecular flexibility index (Phi) is 2.96. The summed E-state index contributed by atoms with van der Waals surface area (Å²) < 4.78 is 4.28. The first kappa shape index (κ1) is 11.8. The lowest BCUT2D eigenvalue weighted by Gasteiger charge is -2.06. The second kappa shape index (κ2) is 4.77. The number of hydrogen-bond acceptors (Lipinski definition) is 4. The topological polar surface area (TPSA) is 64.3 Å². The van der Waals surface area contributed by atoms with Gasteiger partial charge in [-0.05, 0) is 36.8 Å². The number of H-pyrrole nitrogens is 1. The first-order valence-electron chi connectivity index (χ1n) is 5.80. The molecule has 7 heteroatoms. The van der Waals surface area contributed by atoms with Gasteiger partial charge in [0.1, 0.15) is 18.5 Å². The maximum Gasteiger partial charge on any atom is 0.199 e. The summed E-state index contributed by atoms with van der Waals surface area (Å²) in [4.78, 5) is 3.92. The van der Waals surface area contributed by atoms with E-state index >= 15 is 0 Å². The highest BCUT2D eigenvalue weighted by Crippen LogP contribution is 2.12. The van der Waals surface area contributed by atoms with E-state index in [1.54, 1.807) is 11.0 Å². The highest BCUT2D eigenvalue weighted by molar-refractivity contribution is 7.71. The molecule has 0 amide bonds. The van der Waals surface area contributed by atoms with Gasteiger partial charge in [-0.25, -0.2) is 9.67 Å². The quantitative estimate of drug-likeness (QED) is 0.739. The van der Waals surface area contributed by atoms with Gasteiger partial charge in [-0.15, -0.1) is 0 Å². The molecule has 96 valence electrons. The minimum atomic E-state index is 0.599. The molecule has 1 aromatic carbocycles. The highest BCUT2D eigenvalue weighted by Gasteiger charge is 2.04. The van der Waals surface area contributed by atoms with E-state index < -0.39 is 0 Å². The summed E-state index contributed by atoms with van der Waals surface area (Å²) >= 11 is 5.20. The van der Waals surface area contributed by atoms with Crippen LogP contribution in [0.3, 0.4) is 0 Å². The summed E-state index contributed by atoms with van der Waals surface area (Å²) in [5, 5.41) is 11.0. The van der Waals surface area contributed by atoms with Crippen molar-refractivity contribution >= 4 is 12.2 Å². The van der Waals surface area contributed by atoms with Gasteiger partial charge in [0.15, 0.2) is 4.77 Å². The molecule has 0 saturated carbocycles. The number of rotatable bonds is 3. The molecule has 6 nitrogen and oxygen atoms in total. The van der Waals surface area contributed by atoms with Crippen molar-refractivity contribution in [2.45, 2.75) is 13.5 Å². The van der Waals surface area contributed by atoms with E-state index in [2.05, 4.69) is 20.3 Å². The van der Waals surface area contributed by atoms with Crippen LogP contribution in [0.4, 0.5) is 0 Å². The van der Waals surface area contributed by atoms with E-state index in [1.807, 2.05) is 35.8 Å². The number of nitrogens with one attached hydrogen (secondary N) is 1. The zero-order valence-corrected chi connectivity index (χ0v) is 11.1. The molecule has 1 N–H and O–H groups in total. The molecule has 0 radical (unpaired) electrons. The molecule has 0 fully saturated rings. The number of aryl methyl sites for hydroxylation is 1. The minimum Gasteiger partial charge on any atom is -0.272 e. The second-order valence-corrected chi connectivity index (χ2v) is 4.56. The smallest absolute Gasteiger partial charge is 0.199 e. The average Bonchev–Trinajstić information content (AvgIpc) is 3.02. The molecule has 0 aliphatic heterocycles. The third-order valence-electron chi connectivity index (χ3n) is 2.85. The molecule has 0 aliphatic rings. The van der Waals surface area contributed by atoms with E-state index in [1.165, 1.54) is 6.33 Å². The molecular weight excluding hydrogens is 260 g/mol. The summed E-state index contributed by atoms with van der Waals surface area (Å²) in [6.45, 7) is 2.62. The monoisotopic (exact) mass is 272 g/mol. The van der Waals surface area contributed by atoms with Crippen LogP contribution in [0.5, 0.6) is 0 Å². The van der Waals surface area contributed by atoms with Gasteiger partial charge in [0, 0.05) is 5.69 Å². The molecule has 2 aromatic heterocycles. The van der Waals surface area contributed by atoms with Crippen LogP contribution in [-0.4, -0.2) is 29.5 Å². The first-order chi connectivity index (χ1) is 9.24. The lowest BCUT2D eigenvalue weighted by atomic mass is 10.2. The zero-order chi connectivity index (χ0) is 13.2. The average molecular weight is 272 g/mol. The number of hydrogen-bond donors (Lipinski definition) is 1. The molecule has 0 bridgehead atoms. The lowest BCUT2D eigenvalue weighted by molar-refractivity contribution is 0.684. The number of aromatic amines is 1. The van der Waals surface area contributed by atoms with Crippen molar-refractivity contribution in [2.75, 3.05) is 0 Å². The summed E-state index contributed by atoms with van der Waals surface area (Å²) in [7, 11) is 0. The molecule has 0 aliphatic carbocycles. The Morgan fingerprint density at radius 1 is 1.26 bits per heavy atom. The van der Waals surface area contributed by atoms with Gasteiger partial charge in [-0.3, -0.25) is 9.67 Å². The lowest BCUT2D eigenvalue weighted by Crippen LogP contribution is -2.01. The van der Waals surface area contributed by atoms with E-state index in [9.17, 15) is 0 Å². The minimum absolute atomic E-state index is 0.599. The third kappa shape index (κ3) is 2.32. The van der Waals surface area contributed by atoms with Crippen LogP contribution < -0.4 is 0 Å². The van der Waals surface area contributed by atoms with Gasteiger partial charge >= 0.3 is 0 Å². The Morgan fingerprint density at radius 2 is 2.05 bits per heavy atom. The Balaban J connectivity index is 1.89. The second-order valence-electron chi connectivity index (χ2n) is 4.17. The molecule has 3 rings (SSSR count). The Labute approximate surface area is 114 Å². The molecular formula is C12H12N6S. The molecule has 0 saturated heterocycles. The summed E-state index contributed by atoms with van der Waals surface area (Å²) in [6, 6.07) is 8.13. The van der Waals surface area contributed by atoms with Gasteiger partial charge in [-0.2, -0.15) is 10.2 Å². The van der Waals surface area contributed by atoms with Crippen molar-refractivity contribution in [3.63, 3.8) is 0 Å². The van der Waals surface area contributed by atoms with Crippen molar-refractivity contribution in [1.82, 2.24) is 29.5 Å². The Morgan fingerprint density at radius 3 is 2.63 bits per heavy atom. The fourth-order valence-electron chi connectivity index (χ4n) is 1.93. The van der Waals surface area contributed by atoms with Crippen molar-refractivity contribution in [3.05, 3.63) is 53.1 Å². The summed E-state index contributed by atoms with van der Waals surface area (Å²) in [6.07, 6.45) is 3.23. The summed E-state index contributed by atoms with van der Waals surface area (Å²) in [5.74, 6) is 0.842. The maximum atomic E-state index is 5.20. The number of aromatic nitrogens is 6. The summed E-state index contributed by atoms with van der Waals surface area (Å²) in [5.41, 5.74) is 2.15. The zero-order valence-electron chi connectivity index (χ0n) is 10.3. The molecule has 3 aromatic rings. The molecule has 0 atom stereocenters. The molecule has 19 heavy (non-hydrogen) atoms. The Hall–Kier alpha value is -2.28.